The first-order valence-electron chi connectivity index (χ1n) is 24.2. The molecule has 1 aliphatic carbocycles. The van der Waals surface area contributed by atoms with Gasteiger partial charge in [0.25, 0.3) is 0 Å². The number of fused-ring (bicyclic) bond motifs is 6. The number of nitrogens with zero attached hydrogens (tertiary/aromatic N) is 3. The van der Waals surface area contributed by atoms with Crippen LogP contribution in [0.5, 0.6) is 0 Å². The highest BCUT2D eigenvalue weighted by molar-refractivity contribution is 6.09. The maximum Gasteiger partial charge on any atom is 0.160 e. The molecule has 10 aromatic carbocycles. The van der Waals surface area contributed by atoms with Crippen LogP contribution in [0.15, 0.2) is 255 Å². The van der Waals surface area contributed by atoms with E-state index in [-0.39, 0.29) is 0 Å². The van der Waals surface area contributed by atoms with Gasteiger partial charge in [-0.05, 0) is 105 Å². The average molecular weight is 894 g/mol. The third-order valence-electron chi connectivity index (χ3n) is 14.4. The van der Waals surface area contributed by atoms with Crippen molar-refractivity contribution in [3.05, 3.63) is 294 Å². The van der Waals surface area contributed by atoms with E-state index in [4.69, 9.17) is 9.97 Å². The van der Waals surface area contributed by atoms with Gasteiger partial charge in [0, 0.05) is 33.2 Å². The molecule has 0 saturated heterocycles. The Hall–Kier alpha value is -8.92. The highest BCUT2D eigenvalue weighted by atomic mass is 15.0. The van der Waals surface area contributed by atoms with Crippen LogP contribution in [0.2, 0.25) is 0 Å². The molecular formula is C67H47N3. The first-order valence-corrected chi connectivity index (χ1v) is 24.2. The molecule has 70 heavy (non-hydrogen) atoms. The molecule has 0 fully saturated rings. The fraction of sp³-hybridized carbons (Fsp3) is 0.0448. The van der Waals surface area contributed by atoms with E-state index in [2.05, 4.69) is 266 Å². The summed E-state index contributed by atoms with van der Waals surface area (Å²) < 4.78 is 2.46. The first kappa shape index (κ1) is 41.3. The zero-order valence-electron chi connectivity index (χ0n) is 38.8. The number of aromatic nitrogens is 3. The van der Waals surface area contributed by atoms with Crippen LogP contribution in [0.4, 0.5) is 0 Å². The summed E-state index contributed by atoms with van der Waals surface area (Å²) in [5.41, 5.74) is 21.0. The normalized spacial score (nSPS) is 12.5. The highest BCUT2D eigenvalue weighted by Crippen LogP contribution is 2.58. The summed E-state index contributed by atoms with van der Waals surface area (Å²) in [6.45, 7) is 2.21. The van der Waals surface area contributed by atoms with Crippen LogP contribution >= 0.6 is 0 Å². The van der Waals surface area contributed by atoms with Crippen LogP contribution in [-0.2, 0) is 11.8 Å². The van der Waals surface area contributed by atoms with Crippen LogP contribution < -0.4 is 0 Å². The molecule has 0 atom stereocenters. The highest BCUT2D eigenvalue weighted by Gasteiger charge is 2.49. The van der Waals surface area contributed by atoms with Crippen LogP contribution in [0.1, 0.15) is 39.1 Å². The summed E-state index contributed by atoms with van der Waals surface area (Å²) in [5, 5.41) is 2.48. The third kappa shape index (κ3) is 6.73. The Kier molecular flexibility index (Phi) is 10.0. The standard InChI is InChI=1S/C67H47N3/c1-45-22-14-16-32-55(45)56-33-17-15-27-50(56)40-46-41-51(43-54(42-46)70-61-36-20-18-34-57(61)58-35-19-21-37-62(58)70)49-38-39-59-60(44-49)67(52-28-10-4-11-29-52,53-30-12-5-13-31-53)65-63(59)64(47-23-6-2-7-24-47)68-66(69-65)48-25-8-3-9-26-48/h2-39,41-44H,40H2,1H3. The number of benzene rings is 10. The van der Waals surface area contributed by atoms with Crippen molar-refractivity contribution in [2.75, 3.05) is 0 Å². The van der Waals surface area contributed by atoms with Gasteiger partial charge in [-0.25, -0.2) is 9.97 Å². The second-order valence-electron chi connectivity index (χ2n) is 18.5. The van der Waals surface area contributed by atoms with Gasteiger partial charge in [-0.15, -0.1) is 0 Å². The van der Waals surface area contributed by atoms with E-state index in [1.54, 1.807) is 0 Å². The Balaban J connectivity index is 1.09. The fourth-order valence-corrected chi connectivity index (χ4v) is 11.3. The number of hydrogen-bond acceptors (Lipinski definition) is 2. The topological polar surface area (TPSA) is 30.7 Å². The molecule has 0 spiro atoms. The Bertz CT molecular complexity index is 3820. The summed E-state index contributed by atoms with van der Waals surface area (Å²) in [5.74, 6) is 0.706. The smallest absolute Gasteiger partial charge is 0.160 e. The zero-order valence-corrected chi connectivity index (χ0v) is 38.8. The summed E-state index contributed by atoms with van der Waals surface area (Å²) in [4.78, 5) is 11.2. The largest absolute Gasteiger partial charge is 0.309 e. The lowest BCUT2D eigenvalue weighted by Crippen LogP contribution is -2.30. The van der Waals surface area contributed by atoms with E-state index in [0.717, 1.165) is 68.0 Å². The molecule has 0 saturated carbocycles. The predicted octanol–water partition coefficient (Wildman–Crippen LogP) is 16.5. The van der Waals surface area contributed by atoms with Gasteiger partial charge in [-0.2, -0.15) is 0 Å². The van der Waals surface area contributed by atoms with Crippen molar-refractivity contribution in [1.29, 1.82) is 0 Å². The SMILES string of the molecule is Cc1ccccc1-c1ccccc1Cc1cc(-c2ccc3c(c2)C(c2ccccc2)(c2ccccc2)c2nc(-c4ccccc4)nc(-c4ccccc4)c2-3)cc(-n2c3ccccc3c3ccccc32)c1. The van der Waals surface area contributed by atoms with E-state index < -0.39 is 5.41 Å². The van der Waals surface area contributed by atoms with Crippen LogP contribution in [0.25, 0.3) is 83.5 Å². The van der Waals surface area contributed by atoms with Gasteiger partial charge in [-0.1, -0.05) is 224 Å². The maximum atomic E-state index is 5.72. The molecular weight excluding hydrogens is 847 g/mol. The molecule has 0 N–H and O–H groups in total. The van der Waals surface area contributed by atoms with Crippen molar-refractivity contribution in [3.63, 3.8) is 0 Å². The van der Waals surface area contributed by atoms with E-state index >= 15 is 0 Å². The Morgan fingerprint density at radius 1 is 0.414 bits per heavy atom. The van der Waals surface area contributed by atoms with E-state index in [1.165, 1.54) is 55.2 Å². The van der Waals surface area contributed by atoms with Crippen LogP contribution in [-0.4, -0.2) is 14.5 Å². The van der Waals surface area contributed by atoms with Crippen molar-refractivity contribution in [2.24, 2.45) is 0 Å². The van der Waals surface area contributed by atoms with Crippen molar-refractivity contribution >= 4 is 21.8 Å². The maximum absolute atomic E-state index is 5.72. The molecule has 0 aliphatic heterocycles. The van der Waals surface area contributed by atoms with Gasteiger partial charge in [-0.3, -0.25) is 0 Å². The van der Waals surface area contributed by atoms with Gasteiger partial charge < -0.3 is 4.57 Å². The lowest BCUT2D eigenvalue weighted by Gasteiger charge is -2.33. The second-order valence-corrected chi connectivity index (χ2v) is 18.5. The van der Waals surface area contributed by atoms with Crippen LogP contribution in [0.3, 0.4) is 0 Å². The Morgan fingerprint density at radius 2 is 0.971 bits per heavy atom. The average Bonchev–Trinajstić information content (AvgIpc) is 3.92. The van der Waals surface area contributed by atoms with Crippen molar-refractivity contribution in [3.8, 4) is 61.7 Å². The van der Waals surface area contributed by atoms with E-state index in [9.17, 15) is 0 Å². The number of aryl methyl sites for hydroxylation is 1. The molecule has 3 nitrogen and oxygen atoms in total. The summed E-state index contributed by atoms with van der Waals surface area (Å²) in [7, 11) is 0. The molecule has 0 amide bonds. The molecule has 2 aromatic heterocycles. The Labute approximate surface area is 408 Å². The van der Waals surface area contributed by atoms with Crippen molar-refractivity contribution in [1.82, 2.24) is 14.5 Å². The summed E-state index contributed by atoms with van der Waals surface area (Å²) in [6.07, 6.45) is 0.759. The van der Waals surface area contributed by atoms with Gasteiger partial charge in [0.2, 0.25) is 0 Å². The minimum atomic E-state index is -0.779. The number of para-hydroxylation sites is 2. The van der Waals surface area contributed by atoms with Gasteiger partial charge in [0.15, 0.2) is 5.82 Å². The lowest BCUT2D eigenvalue weighted by atomic mass is 9.69. The van der Waals surface area contributed by atoms with Crippen LogP contribution in [0, 0.1) is 6.92 Å². The monoisotopic (exact) mass is 893 g/mol. The van der Waals surface area contributed by atoms with Crippen molar-refractivity contribution in [2.45, 2.75) is 18.8 Å². The van der Waals surface area contributed by atoms with Crippen molar-refractivity contribution < 1.29 is 0 Å². The van der Waals surface area contributed by atoms with E-state index in [1.807, 2.05) is 0 Å². The molecule has 0 unspecified atom stereocenters. The lowest BCUT2D eigenvalue weighted by molar-refractivity contribution is 0.736. The minimum absolute atomic E-state index is 0.706. The summed E-state index contributed by atoms with van der Waals surface area (Å²) in [6, 6.07) is 92.6. The molecule has 12 aromatic rings. The number of rotatable bonds is 9. The fourth-order valence-electron chi connectivity index (χ4n) is 11.3. The van der Waals surface area contributed by atoms with Gasteiger partial charge in [0.1, 0.15) is 0 Å². The zero-order chi connectivity index (χ0) is 46.6. The minimum Gasteiger partial charge on any atom is -0.309 e. The molecule has 13 rings (SSSR count). The molecule has 0 radical (unpaired) electrons. The molecule has 0 bridgehead atoms. The third-order valence-corrected chi connectivity index (χ3v) is 14.4. The van der Waals surface area contributed by atoms with Gasteiger partial charge >= 0.3 is 0 Å². The molecule has 2 heterocycles. The predicted molar refractivity (Wildman–Crippen MR) is 289 cm³/mol. The molecule has 1 aliphatic rings. The Morgan fingerprint density at radius 3 is 1.63 bits per heavy atom. The molecule has 330 valence electrons. The number of hydrogen-bond donors (Lipinski definition) is 0. The first-order chi connectivity index (χ1) is 34.6. The molecule has 3 heteroatoms. The van der Waals surface area contributed by atoms with E-state index in [0.29, 0.717) is 5.82 Å². The quantitative estimate of drug-likeness (QED) is 0.145. The van der Waals surface area contributed by atoms with Gasteiger partial charge in [0.05, 0.1) is 27.8 Å². The second kappa shape index (κ2) is 17.0. The summed E-state index contributed by atoms with van der Waals surface area (Å²) >= 11 is 0.